The van der Waals surface area contributed by atoms with Crippen molar-refractivity contribution in [2.45, 2.75) is 107 Å². The predicted molar refractivity (Wildman–Crippen MR) is 119 cm³/mol. The summed E-state index contributed by atoms with van der Waals surface area (Å²) >= 11 is 9.78. The van der Waals surface area contributed by atoms with E-state index >= 15 is 0 Å². The van der Waals surface area contributed by atoms with E-state index in [0.717, 1.165) is 0 Å². The first-order valence-corrected chi connectivity index (χ1v) is 13.1. The van der Waals surface area contributed by atoms with Crippen LogP contribution >= 0.6 is 37.5 Å². The van der Waals surface area contributed by atoms with Gasteiger partial charge < -0.3 is 9.13 Å². The van der Waals surface area contributed by atoms with E-state index in [0.29, 0.717) is 0 Å². The highest BCUT2D eigenvalue weighted by Gasteiger charge is 2.95. The SMILES string of the molecule is FC(F)(F)C(F)(F)C(F)(F)C(F)(F)C(F)(F)C(F)(F)C(F)(F)Cn1c(S)c(S)n(CC(F)(F)C(F)(F)C(F)(F)C(F)(F)C(F)(F)C(F)(F)C(F)(F)F)c1=S. The van der Waals surface area contributed by atoms with E-state index < -0.39 is 120 Å². The van der Waals surface area contributed by atoms with Gasteiger partial charge in [-0.05, 0) is 12.2 Å². The van der Waals surface area contributed by atoms with E-state index in [1.165, 1.54) is 0 Å². The van der Waals surface area contributed by atoms with Gasteiger partial charge in [0.15, 0.2) is 4.77 Å². The smallest absolute Gasteiger partial charge is 0.305 e. The molecule has 0 saturated carbocycles. The predicted octanol–water partition coefficient (Wildman–Crippen LogP) is 11.3. The summed E-state index contributed by atoms with van der Waals surface area (Å²) < 4.78 is 398. The van der Waals surface area contributed by atoms with Crippen LogP contribution in [0, 0.1) is 4.77 Å². The molecular weight excluding hydrogens is 922 g/mol. The average molecular weight is 928 g/mol. The van der Waals surface area contributed by atoms with E-state index in [2.05, 4.69) is 37.5 Å². The lowest BCUT2D eigenvalue weighted by Gasteiger charge is -2.41. The Kier molecular flexibility index (Phi) is 12.1. The first-order chi connectivity index (χ1) is 22.9. The Morgan fingerprint density at radius 3 is 0.667 bits per heavy atom. The lowest BCUT2D eigenvalue weighted by atomic mass is 9.91. The van der Waals surface area contributed by atoms with Crippen LogP contribution in [0.3, 0.4) is 0 Å². The van der Waals surface area contributed by atoms with Gasteiger partial charge in [0.2, 0.25) is 0 Å². The van der Waals surface area contributed by atoms with Crippen LogP contribution in [0.1, 0.15) is 0 Å². The molecular formula is C19H6F30N2S3. The van der Waals surface area contributed by atoms with Crippen LogP contribution in [0.2, 0.25) is 0 Å². The fourth-order valence-corrected chi connectivity index (χ4v) is 4.47. The highest BCUT2D eigenvalue weighted by molar-refractivity contribution is 7.83. The third-order valence-corrected chi connectivity index (χ3v) is 8.20. The summed E-state index contributed by atoms with van der Waals surface area (Å²) in [5.41, 5.74) is 0. The Morgan fingerprint density at radius 1 is 0.315 bits per heavy atom. The number of hydrogen-bond acceptors (Lipinski definition) is 3. The average Bonchev–Trinajstić information content (AvgIpc) is 3.12. The van der Waals surface area contributed by atoms with Gasteiger partial charge in [-0.15, -0.1) is 25.3 Å². The minimum atomic E-state index is -8.86. The monoisotopic (exact) mass is 928 g/mol. The van der Waals surface area contributed by atoms with Crippen LogP contribution in [0.4, 0.5) is 132 Å². The molecule has 1 aromatic heterocycles. The van der Waals surface area contributed by atoms with Gasteiger partial charge in [0.25, 0.3) is 0 Å². The van der Waals surface area contributed by atoms with Crippen molar-refractivity contribution < 1.29 is 132 Å². The second-order valence-electron chi connectivity index (χ2n) is 10.3. The second kappa shape index (κ2) is 13.0. The van der Waals surface area contributed by atoms with Crippen molar-refractivity contribution in [3.05, 3.63) is 4.77 Å². The summed E-state index contributed by atoms with van der Waals surface area (Å²) in [6.07, 6.45) is -16.0. The van der Waals surface area contributed by atoms with Crippen LogP contribution in [-0.2, 0) is 13.1 Å². The van der Waals surface area contributed by atoms with Crippen molar-refractivity contribution in [3.8, 4) is 0 Å². The van der Waals surface area contributed by atoms with Gasteiger partial charge in [-0.1, -0.05) is 0 Å². The first kappa shape index (κ1) is 50.0. The Hall–Kier alpha value is -1.97. The summed E-state index contributed by atoms with van der Waals surface area (Å²) in [6.45, 7) is -7.56. The van der Waals surface area contributed by atoms with Gasteiger partial charge in [0, 0.05) is 0 Å². The second-order valence-corrected chi connectivity index (χ2v) is 11.5. The Bertz CT molecular complexity index is 1490. The molecule has 0 spiro atoms. The van der Waals surface area contributed by atoms with Crippen LogP contribution in [0.5, 0.6) is 0 Å². The third kappa shape index (κ3) is 6.50. The molecule has 1 aromatic rings. The number of nitrogens with zero attached hydrogens (tertiary/aromatic N) is 2. The van der Waals surface area contributed by atoms with Crippen molar-refractivity contribution in [3.63, 3.8) is 0 Å². The number of thiol groups is 2. The largest absolute Gasteiger partial charge is 0.460 e. The normalized spacial score (nSPS) is 16.4. The van der Waals surface area contributed by atoms with Crippen molar-refractivity contribution in [2.24, 2.45) is 0 Å². The van der Waals surface area contributed by atoms with Crippen LogP contribution < -0.4 is 0 Å². The Balaban J connectivity index is 3.83. The van der Waals surface area contributed by atoms with E-state index in [1.807, 2.05) is 0 Å². The van der Waals surface area contributed by atoms with Crippen molar-refractivity contribution in [1.29, 1.82) is 0 Å². The summed E-state index contributed by atoms with van der Waals surface area (Å²) in [5, 5.41) is -4.12. The minimum Gasteiger partial charge on any atom is -0.305 e. The number of rotatable bonds is 14. The van der Waals surface area contributed by atoms with Gasteiger partial charge in [-0.3, -0.25) is 0 Å². The number of alkyl halides is 30. The molecule has 35 heteroatoms. The molecule has 320 valence electrons. The molecule has 0 radical (unpaired) electrons. The molecule has 1 rings (SSSR count). The van der Waals surface area contributed by atoms with Gasteiger partial charge in [0.1, 0.15) is 10.1 Å². The number of aromatic nitrogens is 2. The highest BCUT2D eigenvalue weighted by atomic mass is 32.1. The molecule has 0 aromatic carbocycles. The highest BCUT2D eigenvalue weighted by Crippen LogP contribution is 2.64. The topological polar surface area (TPSA) is 9.86 Å². The van der Waals surface area contributed by atoms with Gasteiger partial charge in [0.05, 0.1) is 13.1 Å². The lowest BCUT2D eigenvalue weighted by Crippen LogP contribution is -2.73. The fraction of sp³-hybridized carbons (Fsp3) is 0.842. The standard InChI is InChI=1S/C19H6F30N2S3/c20-6(21,8(24,25)10(28,29)12(32,33)14(36,37)16(40,41)18(44,45)46)1-50-3(52)4(53)51(5(50)54)2-7(22,23)9(26,27)11(30,31)13(34,35)15(38,39)17(42,43)19(47,48)49/h52-53H,1-2H2. The molecule has 0 aliphatic rings. The van der Waals surface area contributed by atoms with E-state index in [1.54, 1.807) is 0 Å². The van der Waals surface area contributed by atoms with E-state index in [4.69, 9.17) is 0 Å². The quantitative estimate of drug-likeness (QED) is 0.107. The molecule has 0 amide bonds. The maximum absolute atomic E-state index is 14.4. The van der Waals surface area contributed by atoms with Gasteiger partial charge >= 0.3 is 83.4 Å². The zero-order valence-electron chi connectivity index (χ0n) is 23.5. The fourth-order valence-electron chi connectivity index (χ4n) is 3.45. The van der Waals surface area contributed by atoms with Crippen LogP contribution in [0.15, 0.2) is 10.1 Å². The molecule has 0 saturated heterocycles. The number of halogens is 30. The molecule has 0 unspecified atom stereocenters. The summed E-state index contributed by atoms with van der Waals surface area (Å²) in [4.78, 5) is 0. The van der Waals surface area contributed by atoms with Gasteiger partial charge in [-0.2, -0.15) is 132 Å². The molecule has 0 aliphatic heterocycles. The zero-order valence-corrected chi connectivity index (χ0v) is 26.1. The summed E-state index contributed by atoms with van der Waals surface area (Å²) in [6, 6.07) is 0. The van der Waals surface area contributed by atoms with Crippen molar-refractivity contribution >= 4 is 37.5 Å². The molecule has 0 N–H and O–H groups in total. The number of hydrogen-bond donors (Lipinski definition) is 2. The summed E-state index contributed by atoms with van der Waals surface area (Å²) in [7, 11) is 0. The molecule has 0 fully saturated rings. The Labute approximate surface area is 290 Å². The van der Waals surface area contributed by atoms with Crippen LogP contribution in [0.25, 0.3) is 0 Å². The molecule has 1 heterocycles. The Morgan fingerprint density at radius 2 is 0.481 bits per heavy atom. The third-order valence-electron chi connectivity index (χ3n) is 6.67. The maximum Gasteiger partial charge on any atom is 0.460 e. The molecule has 54 heavy (non-hydrogen) atoms. The van der Waals surface area contributed by atoms with E-state index in [9.17, 15) is 132 Å². The van der Waals surface area contributed by atoms with Crippen molar-refractivity contribution in [1.82, 2.24) is 9.13 Å². The van der Waals surface area contributed by atoms with Crippen molar-refractivity contribution in [2.75, 3.05) is 0 Å². The van der Waals surface area contributed by atoms with Gasteiger partial charge in [-0.25, -0.2) is 0 Å². The molecule has 2 nitrogen and oxygen atoms in total. The lowest BCUT2D eigenvalue weighted by molar-refractivity contribution is -0.453. The minimum absolute atomic E-state index is 1.30. The van der Waals surface area contributed by atoms with Crippen LogP contribution in [-0.4, -0.2) is 92.6 Å². The summed E-state index contributed by atoms with van der Waals surface area (Å²) in [5.74, 6) is -101. The number of imidazole rings is 1. The molecule has 0 aliphatic carbocycles. The first-order valence-electron chi connectivity index (χ1n) is 11.8. The maximum atomic E-state index is 14.4. The van der Waals surface area contributed by atoms with E-state index in [-0.39, 0.29) is 0 Å². The molecule has 0 bridgehead atoms. The molecule has 0 atom stereocenters. The zero-order chi connectivity index (χ0) is 44.3.